The Kier molecular flexibility index (Phi) is 5.15. The van der Waals surface area contributed by atoms with Gasteiger partial charge >= 0.3 is 0 Å². The average molecular weight is 314 g/mol. The first kappa shape index (κ1) is 14.7. The first-order valence-electron chi connectivity index (χ1n) is 6.27. The Morgan fingerprint density at radius 3 is 2.26 bits per heavy atom. The minimum Gasteiger partial charge on any atom is -0.117 e. The highest BCUT2D eigenvalue weighted by molar-refractivity contribution is 6.35. The molecule has 0 aromatic heterocycles. The molecule has 2 unspecified atom stereocenters. The second-order valence-corrected chi connectivity index (χ2v) is 5.81. The number of benzene rings is 2. The third-order valence-electron chi connectivity index (χ3n) is 3.28. The van der Waals surface area contributed by atoms with E-state index in [1.807, 2.05) is 30.3 Å². The minimum atomic E-state index is -0.155. The SMILES string of the molecule is CCC(c1ccccc1)C(Cl)c1ccc(Cl)cc1Cl. The predicted molar refractivity (Wildman–Crippen MR) is 84.5 cm³/mol. The van der Waals surface area contributed by atoms with Crippen molar-refractivity contribution >= 4 is 34.8 Å². The van der Waals surface area contributed by atoms with Crippen LogP contribution >= 0.6 is 34.8 Å². The van der Waals surface area contributed by atoms with E-state index in [9.17, 15) is 0 Å². The molecule has 0 aliphatic heterocycles. The highest BCUT2D eigenvalue weighted by Gasteiger charge is 2.23. The molecule has 0 heterocycles. The van der Waals surface area contributed by atoms with Crippen LogP contribution < -0.4 is 0 Å². The van der Waals surface area contributed by atoms with Crippen LogP contribution in [0.3, 0.4) is 0 Å². The first-order chi connectivity index (χ1) is 9.13. The van der Waals surface area contributed by atoms with Crippen molar-refractivity contribution in [3.05, 3.63) is 69.7 Å². The fourth-order valence-corrected chi connectivity index (χ4v) is 3.35. The molecule has 0 nitrogen and oxygen atoms in total. The molecule has 0 aliphatic rings. The van der Waals surface area contributed by atoms with Gasteiger partial charge in [0, 0.05) is 16.0 Å². The van der Waals surface area contributed by atoms with Crippen LogP contribution in [-0.4, -0.2) is 0 Å². The molecule has 0 spiro atoms. The Labute approximate surface area is 129 Å². The van der Waals surface area contributed by atoms with Crippen LogP contribution in [0, 0.1) is 0 Å². The maximum Gasteiger partial charge on any atom is 0.0668 e. The Hall–Kier alpha value is -0.690. The van der Waals surface area contributed by atoms with E-state index in [0.717, 1.165) is 12.0 Å². The van der Waals surface area contributed by atoms with Gasteiger partial charge < -0.3 is 0 Å². The zero-order valence-electron chi connectivity index (χ0n) is 10.6. The van der Waals surface area contributed by atoms with E-state index in [4.69, 9.17) is 34.8 Å². The second kappa shape index (κ2) is 6.65. The van der Waals surface area contributed by atoms with Crippen LogP contribution in [0.25, 0.3) is 0 Å². The maximum atomic E-state index is 6.64. The van der Waals surface area contributed by atoms with E-state index in [2.05, 4.69) is 19.1 Å². The molecule has 0 aliphatic carbocycles. The van der Waals surface area contributed by atoms with E-state index in [-0.39, 0.29) is 11.3 Å². The normalized spacial score (nSPS) is 14.1. The van der Waals surface area contributed by atoms with E-state index in [1.54, 1.807) is 6.07 Å². The molecule has 0 N–H and O–H groups in total. The van der Waals surface area contributed by atoms with E-state index in [0.29, 0.717) is 10.0 Å². The lowest BCUT2D eigenvalue weighted by Gasteiger charge is -2.22. The lowest BCUT2D eigenvalue weighted by atomic mass is 9.89. The van der Waals surface area contributed by atoms with E-state index in [1.165, 1.54) is 5.56 Å². The van der Waals surface area contributed by atoms with Gasteiger partial charge in [0.25, 0.3) is 0 Å². The predicted octanol–water partition coefficient (Wildman–Crippen LogP) is 6.47. The molecule has 3 heteroatoms. The average Bonchev–Trinajstić information content (AvgIpc) is 2.40. The van der Waals surface area contributed by atoms with Gasteiger partial charge in [-0.3, -0.25) is 0 Å². The molecule has 0 saturated heterocycles. The lowest BCUT2D eigenvalue weighted by molar-refractivity contribution is 0.640. The van der Waals surface area contributed by atoms with E-state index < -0.39 is 0 Å². The summed E-state index contributed by atoms with van der Waals surface area (Å²) < 4.78 is 0. The third-order valence-corrected chi connectivity index (χ3v) is 4.38. The molecule has 0 bridgehead atoms. The van der Waals surface area contributed by atoms with Gasteiger partial charge in [-0.1, -0.05) is 66.5 Å². The summed E-state index contributed by atoms with van der Waals surface area (Å²) in [6.07, 6.45) is 0.955. The van der Waals surface area contributed by atoms with Crippen LogP contribution in [0.5, 0.6) is 0 Å². The van der Waals surface area contributed by atoms with Crippen molar-refractivity contribution in [1.82, 2.24) is 0 Å². The van der Waals surface area contributed by atoms with Gasteiger partial charge in [-0.05, 0) is 29.7 Å². The number of alkyl halides is 1. The molecule has 2 aromatic rings. The highest BCUT2D eigenvalue weighted by Crippen LogP contribution is 2.41. The summed E-state index contributed by atoms with van der Waals surface area (Å²) >= 11 is 18.8. The van der Waals surface area contributed by atoms with Crippen LogP contribution in [0.1, 0.15) is 35.8 Å². The zero-order valence-corrected chi connectivity index (χ0v) is 12.9. The molecule has 0 amide bonds. The lowest BCUT2D eigenvalue weighted by Crippen LogP contribution is -2.06. The third kappa shape index (κ3) is 3.45. The summed E-state index contributed by atoms with van der Waals surface area (Å²) in [5, 5.41) is 1.10. The van der Waals surface area contributed by atoms with Crippen molar-refractivity contribution < 1.29 is 0 Å². The van der Waals surface area contributed by atoms with Gasteiger partial charge in [-0.2, -0.15) is 0 Å². The summed E-state index contributed by atoms with van der Waals surface area (Å²) in [5.41, 5.74) is 2.17. The summed E-state index contributed by atoms with van der Waals surface area (Å²) in [4.78, 5) is 0. The molecule has 100 valence electrons. The van der Waals surface area contributed by atoms with Crippen LogP contribution in [-0.2, 0) is 0 Å². The zero-order chi connectivity index (χ0) is 13.8. The second-order valence-electron chi connectivity index (χ2n) is 4.49. The van der Waals surface area contributed by atoms with E-state index >= 15 is 0 Å². The molecule has 0 saturated carbocycles. The topological polar surface area (TPSA) is 0 Å². The molecular formula is C16H15Cl3. The standard InChI is InChI=1S/C16H15Cl3/c1-2-13(11-6-4-3-5-7-11)16(19)14-9-8-12(17)10-15(14)18/h3-10,13,16H,2H2,1H3. The molecule has 2 rings (SSSR count). The summed E-state index contributed by atoms with van der Waals surface area (Å²) in [5.74, 6) is 0.238. The van der Waals surface area contributed by atoms with Crippen molar-refractivity contribution in [2.24, 2.45) is 0 Å². The molecule has 2 aromatic carbocycles. The van der Waals surface area contributed by atoms with Crippen LogP contribution in [0.4, 0.5) is 0 Å². The van der Waals surface area contributed by atoms with Crippen molar-refractivity contribution in [2.45, 2.75) is 24.6 Å². The minimum absolute atomic E-state index is 0.155. The number of halogens is 3. The van der Waals surface area contributed by atoms with Gasteiger partial charge in [-0.25, -0.2) is 0 Å². The monoisotopic (exact) mass is 312 g/mol. The summed E-state index contributed by atoms with van der Waals surface area (Å²) in [7, 11) is 0. The van der Waals surface area contributed by atoms with Crippen molar-refractivity contribution in [3.8, 4) is 0 Å². The van der Waals surface area contributed by atoms with Crippen molar-refractivity contribution in [1.29, 1.82) is 0 Å². The van der Waals surface area contributed by atoms with Gasteiger partial charge in [0.05, 0.1) is 5.38 Å². The smallest absolute Gasteiger partial charge is 0.0668 e. The largest absolute Gasteiger partial charge is 0.117 e. The Balaban J connectivity index is 2.33. The molecule has 0 fully saturated rings. The summed E-state index contributed by atoms with van der Waals surface area (Å²) in [6.45, 7) is 2.14. The van der Waals surface area contributed by atoms with Crippen LogP contribution in [0.15, 0.2) is 48.5 Å². The highest BCUT2D eigenvalue weighted by atomic mass is 35.5. The number of rotatable bonds is 4. The van der Waals surface area contributed by atoms with Gasteiger partial charge in [-0.15, -0.1) is 11.6 Å². The molecular weight excluding hydrogens is 299 g/mol. The van der Waals surface area contributed by atoms with Gasteiger partial charge in [0.2, 0.25) is 0 Å². The fourth-order valence-electron chi connectivity index (χ4n) is 2.25. The molecule has 0 radical (unpaired) electrons. The Morgan fingerprint density at radius 2 is 1.68 bits per heavy atom. The fraction of sp³-hybridized carbons (Fsp3) is 0.250. The maximum absolute atomic E-state index is 6.64. The Morgan fingerprint density at radius 1 is 1.00 bits per heavy atom. The van der Waals surface area contributed by atoms with Crippen LogP contribution in [0.2, 0.25) is 10.0 Å². The van der Waals surface area contributed by atoms with Crippen molar-refractivity contribution in [3.63, 3.8) is 0 Å². The van der Waals surface area contributed by atoms with Crippen molar-refractivity contribution in [2.75, 3.05) is 0 Å². The Bertz CT molecular complexity index is 537. The first-order valence-corrected chi connectivity index (χ1v) is 7.46. The quantitative estimate of drug-likeness (QED) is 0.568. The molecule has 2 atom stereocenters. The number of hydrogen-bond donors (Lipinski definition) is 0. The van der Waals surface area contributed by atoms with Gasteiger partial charge in [0.1, 0.15) is 0 Å². The number of hydrogen-bond acceptors (Lipinski definition) is 0. The van der Waals surface area contributed by atoms with Gasteiger partial charge in [0.15, 0.2) is 0 Å². The molecule has 19 heavy (non-hydrogen) atoms. The summed E-state index contributed by atoms with van der Waals surface area (Å²) in [6, 6.07) is 15.8.